The number of hydrogen-bond acceptors (Lipinski definition) is 4. The standard InChI is InChI=1S/C12H10FN3O4/c1-7-4-9(13)3-2-8(7)5-15-6-10(16(19)20)11(17)14-12(15)18/h2-4,6H,5H2,1H3,(H,14,17,18). The van der Waals surface area contributed by atoms with Gasteiger partial charge in [-0.1, -0.05) is 6.07 Å². The van der Waals surface area contributed by atoms with Crippen molar-refractivity contribution in [1.82, 2.24) is 9.55 Å². The predicted octanol–water partition coefficient (Wildman–Crippen LogP) is 0.941. The van der Waals surface area contributed by atoms with Crippen LogP contribution in [-0.2, 0) is 6.54 Å². The van der Waals surface area contributed by atoms with Crippen LogP contribution in [-0.4, -0.2) is 14.5 Å². The number of H-pyrrole nitrogens is 1. The molecule has 0 aliphatic rings. The van der Waals surface area contributed by atoms with Crippen LogP contribution < -0.4 is 11.2 Å². The highest BCUT2D eigenvalue weighted by Crippen LogP contribution is 2.11. The molecule has 1 aromatic heterocycles. The maximum absolute atomic E-state index is 13.0. The summed E-state index contributed by atoms with van der Waals surface area (Å²) in [6.07, 6.45) is 0.879. The number of aromatic amines is 1. The molecular formula is C12H10FN3O4. The minimum Gasteiger partial charge on any atom is -0.289 e. The molecule has 0 atom stereocenters. The molecule has 0 aliphatic heterocycles. The Kier molecular flexibility index (Phi) is 3.47. The lowest BCUT2D eigenvalue weighted by Gasteiger charge is -2.08. The largest absolute Gasteiger partial charge is 0.350 e. The van der Waals surface area contributed by atoms with Gasteiger partial charge in [-0.05, 0) is 30.2 Å². The number of rotatable bonds is 3. The Morgan fingerprint density at radius 2 is 2.10 bits per heavy atom. The summed E-state index contributed by atoms with van der Waals surface area (Å²) in [5.74, 6) is -0.411. The number of aryl methyl sites for hydroxylation is 1. The highest BCUT2D eigenvalue weighted by Gasteiger charge is 2.15. The molecule has 2 rings (SSSR count). The number of aromatic nitrogens is 2. The normalized spacial score (nSPS) is 10.5. The van der Waals surface area contributed by atoms with Gasteiger partial charge in [0.1, 0.15) is 5.82 Å². The lowest BCUT2D eigenvalue weighted by Crippen LogP contribution is -2.31. The molecule has 2 aromatic rings. The van der Waals surface area contributed by atoms with Crippen molar-refractivity contribution in [3.05, 3.63) is 72.3 Å². The van der Waals surface area contributed by atoms with Crippen LogP contribution in [0.2, 0.25) is 0 Å². The second-order valence-corrected chi connectivity index (χ2v) is 4.23. The second-order valence-electron chi connectivity index (χ2n) is 4.23. The minimum absolute atomic E-state index is 0.00255. The van der Waals surface area contributed by atoms with Gasteiger partial charge in [-0.3, -0.25) is 24.5 Å². The molecule has 1 N–H and O–H groups in total. The van der Waals surface area contributed by atoms with Crippen molar-refractivity contribution in [3.63, 3.8) is 0 Å². The van der Waals surface area contributed by atoms with E-state index in [1.54, 1.807) is 6.92 Å². The van der Waals surface area contributed by atoms with Crippen LogP contribution in [0.5, 0.6) is 0 Å². The molecule has 0 unspecified atom stereocenters. The third kappa shape index (κ3) is 2.63. The van der Waals surface area contributed by atoms with E-state index in [0.717, 1.165) is 10.8 Å². The van der Waals surface area contributed by atoms with E-state index in [0.29, 0.717) is 11.1 Å². The van der Waals surface area contributed by atoms with Crippen LogP contribution in [0.25, 0.3) is 0 Å². The first kappa shape index (κ1) is 13.7. The number of nitro groups is 1. The van der Waals surface area contributed by atoms with E-state index < -0.39 is 27.7 Å². The van der Waals surface area contributed by atoms with Gasteiger partial charge in [0, 0.05) is 0 Å². The topological polar surface area (TPSA) is 98.0 Å². The second kappa shape index (κ2) is 5.08. The summed E-state index contributed by atoms with van der Waals surface area (Å²) in [6.45, 7) is 1.66. The molecule has 7 nitrogen and oxygen atoms in total. The summed E-state index contributed by atoms with van der Waals surface area (Å²) >= 11 is 0. The zero-order chi connectivity index (χ0) is 14.9. The first-order chi connectivity index (χ1) is 9.38. The fraction of sp³-hybridized carbons (Fsp3) is 0.167. The maximum atomic E-state index is 13.0. The summed E-state index contributed by atoms with van der Waals surface area (Å²) in [5, 5.41) is 10.7. The smallest absolute Gasteiger partial charge is 0.289 e. The van der Waals surface area contributed by atoms with Crippen LogP contribution in [0.3, 0.4) is 0 Å². The number of nitrogens with zero attached hydrogens (tertiary/aromatic N) is 2. The van der Waals surface area contributed by atoms with Gasteiger partial charge in [0.2, 0.25) is 0 Å². The van der Waals surface area contributed by atoms with Crippen molar-refractivity contribution < 1.29 is 9.31 Å². The van der Waals surface area contributed by atoms with E-state index in [1.165, 1.54) is 18.2 Å². The fourth-order valence-electron chi connectivity index (χ4n) is 1.77. The molecule has 0 spiro atoms. The minimum atomic E-state index is -1.05. The molecule has 0 aliphatic carbocycles. The molecule has 104 valence electrons. The zero-order valence-electron chi connectivity index (χ0n) is 10.4. The third-order valence-electron chi connectivity index (χ3n) is 2.83. The Morgan fingerprint density at radius 3 is 2.70 bits per heavy atom. The number of benzene rings is 1. The highest BCUT2D eigenvalue weighted by atomic mass is 19.1. The van der Waals surface area contributed by atoms with Crippen LogP contribution in [0, 0.1) is 22.9 Å². The summed E-state index contributed by atoms with van der Waals surface area (Å²) in [5.41, 5.74) is -1.30. The van der Waals surface area contributed by atoms with Gasteiger partial charge in [0.05, 0.1) is 17.7 Å². The van der Waals surface area contributed by atoms with E-state index in [1.807, 2.05) is 4.98 Å². The number of hydrogen-bond donors (Lipinski definition) is 1. The number of halogens is 1. The quantitative estimate of drug-likeness (QED) is 0.667. The highest BCUT2D eigenvalue weighted by molar-refractivity contribution is 5.28. The van der Waals surface area contributed by atoms with E-state index in [-0.39, 0.29) is 6.54 Å². The van der Waals surface area contributed by atoms with Crippen molar-refractivity contribution in [1.29, 1.82) is 0 Å². The van der Waals surface area contributed by atoms with E-state index >= 15 is 0 Å². The molecular weight excluding hydrogens is 269 g/mol. The van der Waals surface area contributed by atoms with Gasteiger partial charge < -0.3 is 0 Å². The van der Waals surface area contributed by atoms with Crippen LogP contribution in [0.15, 0.2) is 34.0 Å². The van der Waals surface area contributed by atoms with Gasteiger partial charge in [0.25, 0.3) is 0 Å². The maximum Gasteiger partial charge on any atom is 0.350 e. The van der Waals surface area contributed by atoms with E-state index in [4.69, 9.17) is 0 Å². The molecule has 1 heterocycles. The third-order valence-corrected chi connectivity index (χ3v) is 2.83. The average molecular weight is 279 g/mol. The van der Waals surface area contributed by atoms with Gasteiger partial charge >= 0.3 is 16.9 Å². The van der Waals surface area contributed by atoms with Gasteiger partial charge in [-0.15, -0.1) is 0 Å². The Balaban J connectivity index is 2.48. The number of nitrogens with one attached hydrogen (secondary N) is 1. The lowest BCUT2D eigenvalue weighted by molar-refractivity contribution is -0.386. The molecule has 20 heavy (non-hydrogen) atoms. The van der Waals surface area contributed by atoms with Crippen LogP contribution in [0.1, 0.15) is 11.1 Å². The summed E-state index contributed by atoms with van der Waals surface area (Å²) in [6, 6.07) is 4.00. The van der Waals surface area contributed by atoms with Crippen molar-refractivity contribution in [2.24, 2.45) is 0 Å². The Bertz CT molecular complexity index is 794. The molecule has 8 heteroatoms. The lowest BCUT2D eigenvalue weighted by atomic mass is 10.1. The molecule has 0 saturated carbocycles. The Morgan fingerprint density at radius 1 is 1.40 bits per heavy atom. The molecule has 0 bridgehead atoms. The molecule has 0 amide bonds. The average Bonchev–Trinajstić information content (AvgIpc) is 2.35. The van der Waals surface area contributed by atoms with Crippen molar-refractivity contribution in [3.8, 4) is 0 Å². The van der Waals surface area contributed by atoms with Crippen molar-refractivity contribution in [2.75, 3.05) is 0 Å². The summed E-state index contributed by atoms with van der Waals surface area (Å²) in [4.78, 5) is 34.5. The van der Waals surface area contributed by atoms with Crippen molar-refractivity contribution in [2.45, 2.75) is 13.5 Å². The van der Waals surface area contributed by atoms with E-state index in [9.17, 15) is 24.1 Å². The van der Waals surface area contributed by atoms with Gasteiger partial charge in [-0.2, -0.15) is 0 Å². The monoisotopic (exact) mass is 279 g/mol. The van der Waals surface area contributed by atoms with Gasteiger partial charge in [0.15, 0.2) is 0 Å². The fourth-order valence-corrected chi connectivity index (χ4v) is 1.77. The summed E-state index contributed by atoms with van der Waals surface area (Å²) < 4.78 is 14.0. The first-order valence-electron chi connectivity index (χ1n) is 5.61. The Hall–Kier alpha value is -2.77. The van der Waals surface area contributed by atoms with Crippen LogP contribution in [0.4, 0.5) is 10.1 Å². The first-order valence-corrected chi connectivity index (χ1v) is 5.61. The summed E-state index contributed by atoms with van der Waals surface area (Å²) in [7, 11) is 0. The predicted molar refractivity (Wildman–Crippen MR) is 68.2 cm³/mol. The molecule has 1 aromatic carbocycles. The van der Waals surface area contributed by atoms with Crippen molar-refractivity contribution >= 4 is 5.69 Å². The SMILES string of the molecule is Cc1cc(F)ccc1Cn1cc([N+](=O)[O-])c(=O)[nH]c1=O. The van der Waals surface area contributed by atoms with Crippen LogP contribution >= 0.6 is 0 Å². The Labute approximate surface area is 111 Å². The van der Waals surface area contributed by atoms with E-state index in [2.05, 4.69) is 0 Å². The molecule has 0 saturated heterocycles. The zero-order valence-corrected chi connectivity index (χ0v) is 10.4. The molecule has 0 fully saturated rings. The van der Waals surface area contributed by atoms with Gasteiger partial charge in [-0.25, -0.2) is 9.18 Å². The molecule has 0 radical (unpaired) electrons.